The molecule has 1 aromatic carbocycles. The summed E-state index contributed by atoms with van der Waals surface area (Å²) in [5.41, 5.74) is 1.04. The largest absolute Gasteiger partial charge is 0.497 e. The Morgan fingerprint density at radius 3 is 2.43 bits per heavy atom. The zero-order chi connectivity index (χ0) is 16.3. The zero-order valence-electron chi connectivity index (χ0n) is 14.0. The van der Waals surface area contributed by atoms with Crippen LogP contribution in [-0.4, -0.2) is 24.4 Å². The van der Waals surface area contributed by atoms with Gasteiger partial charge in [-0.25, -0.2) is 0 Å². The van der Waals surface area contributed by atoms with Gasteiger partial charge in [0.05, 0.1) is 12.5 Å². The Morgan fingerprint density at radius 1 is 1.17 bits per heavy atom. The standard InChI is InChI=1S/C18H24N2O3/c1-4-15(22-3)16-19-17(23-20-16)18(11-5-6-12-18)13-7-9-14(21-2)10-8-13/h7-10,15H,4-6,11-12H2,1-3H3. The minimum Gasteiger partial charge on any atom is -0.497 e. The predicted molar refractivity (Wildman–Crippen MR) is 86.6 cm³/mol. The predicted octanol–water partition coefficient (Wildman–Crippen LogP) is 4.04. The molecule has 0 bridgehead atoms. The molecule has 0 N–H and O–H groups in total. The van der Waals surface area contributed by atoms with Crippen LogP contribution in [-0.2, 0) is 10.2 Å². The van der Waals surface area contributed by atoms with Gasteiger partial charge >= 0.3 is 0 Å². The number of methoxy groups -OCH3 is 2. The van der Waals surface area contributed by atoms with E-state index in [1.54, 1.807) is 14.2 Å². The number of rotatable bonds is 6. The second-order valence-electron chi connectivity index (χ2n) is 6.11. The highest BCUT2D eigenvalue weighted by Crippen LogP contribution is 2.46. The van der Waals surface area contributed by atoms with E-state index in [9.17, 15) is 0 Å². The monoisotopic (exact) mass is 316 g/mol. The molecule has 0 aliphatic heterocycles. The molecule has 0 spiro atoms. The van der Waals surface area contributed by atoms with E-state index in [0.717, 1.165) is 25.0 Å². The van der Waals surface area contributed by atoms with Crippen molar-refractivity contribution in [1.82, 2.24) is 10.1 Å². The van der Waals surface area contributed by atoms with Crippen LogP contribution in [0.5, 0.6) is 5.75 Å². The van der Waals surface area contributed by atoms with Crippen molar-refractivity contribution >= 4 is 0 Å². The summed E-state index contributed by atoms with van der Waals surface area (Å²) in [5, 5.41) is 4.17. The lowest BCUT2D eigenvalue weighted by atomic mass is 9.78. The molecule has 1 unspecified atom stereocenters. The van der Waals surface area contributed by atoms with Crippen molar-refractivity contribution < 1.29 is 14.0 Å². The fourth-order valence-corrected chi connectivity index (χ4v) is 3.53. The van der Waals surface area contributed by atoms with E-state index < -0.39 is 0 Å². The molecular weight excluding hydrogens is 292 g/mol. The van der Waals surface area contributed by atoms with Crippen LogP contribution in [0.3, 0.4) is 0 Å². The second kappa shape index (κ2) is 6.71. The van der Waals surface area contributed by atoms with E-state index in [1.807, 2.05) is 12.1 Å². The fourth-order valence-electron chi connectivity index (χ4n) is 3.53. The summed E-state index contributed by atoms with van der Waals surface area (Å²) in [7, 11) is 3.36. The molecule has 1 saturated carbocycles. The molecular formula is C18H24N2O3. The highest BCUT2D eigenvalue weighted by atomic mass is 16.5. The van der Waals surface area contributed by atoms with Gasteiger partial charge in [0, 0.05) is 7.11 Å². The molecule has 2 aromatic rings. The van der Waals surface area contributed by atoms with E-state index in [4.69, 9.17) is 19.0 Å². The molecule has 0 amide bonds. The lowest BCUT2D eigenvalue weighted by Crippen LogP contribution is -2.24. The Hall–Kier alpha value is -1.88. The molecule has 0 saturated heterocycles. The Balaban J connectivity index is 1.97. The maximum atomic E-state index is 5.68. The van der Waals surface area contributed by atoms with E-state index in [-0.39, 0.29) is 11.5 Å². The molecule has 1 aromatic heterocycles. The molecule has 23 heavy (non-hydrogen) atoms. The van der Waals surface area contributed by atoms with Crippen LogP contribution in [0.15, 0.2) is 28.8 Å². The smallest absolute Gasteiger partial charge is 0.237 e. The van der Waals surface area contributed by atoms with Crippen molar-refractivity contribution in [3.63, 3.8) is 0 Å². The topological polar surface area (TPSA) is 57.4 Å². The van der Waals surface area contributed by atoms with Gasteiger partial charge in [-0.05, 0) is 37.0 Å². The van der Waals surface area contributed by atoms with Gasteiger partial charge < -0.3 is 14.0 Å². The summed E-state index contributed by atoms with van der Waals surface area (Å²) in [6.45, 7) is 2.05. The summed E-state index contributed by atoms with van der Waals surface area (Å²) in [4.78, 5) is 4.69. The number of hydrogen-bond donors (Lipinski definition) is 0. The van der Waals surface area contributed by atoms with Gasteiger partial charge in [-0.15, -0.1) is 0 Å². The van der Waals surface area contributed by atoms with E-state index in [2.05, 4.69) is 24.2 Å². The van der Waals surface area contributed by atoms with Crippen LogP contribution < -0.4 is 4.74 Å². The van der Waals surface area contributed by atoms with Gasteiger partial charge in [-0.3, -0.25) is 0 Å². The van der Waals surface area contributed by atoms with Crippen LogP contribution in [0.1, 0.15) is 62.4 Å². The van der Waals surface area contributed by atoms with E-state index >= 15 is 0 Å². The first-order valence-electron chi connectivity index (χ1n) is 8.25. The van der Waals surface area contributed by atoms with Crippen LogP contribution in [0.25, 0.3) is 0 Å². The summed E-state index contributed by atoms with van der Waals surface area (Å²) in [6, 6.07) is 8.22. The van der Waals surface area contributed by atoms with Gasteiger partial charge in [0.2, 0.25) is 11.7 Å². The van der Waals surface area contributed by atoms with Gasteiger partial charge in [-0.2, -0.15) is 4.98 Å². The van der Waals surface area contributed by atoms with Crippen LogP contribution >= 0.6 is 0 Å². The van der Waals surface area contributed by atoms with Crippen molar-refractivity contribution in [2.75, 3.05) is 14.2 Å². The quantitative estimate of drug-likeness (QED) is 0.805. The Labute approximate surface area is 137 Å². The Bertz CT molecular complexity index is 626. The molecule has 3 rings (SSSR count). The normalized spacial score (nSPS) is 18.0. The highest BCUT2D eigenvalue weighted by molar-refractivity contribution is 5.37. The minimum absolute atomic E-state index is 0.109. The molecule has 124 valence electrons. The maximum Gasteiger partial charge on any atom is 0.237 e. The van der Waals surface area contributed by atoms with Crippen LogP contribution in [0, 0.1) is 0 Å². The lowest BCUT2D eigenvalue weighted by molar-refractivity contribution is 0.0903. The number of hydrogen-bond acceptors (Lipinski definition) is 5. The summed E-state index contributed by atoms with van der Waals surface area (Å²) in [5.74, 6) is 2.22. The van der Waals surface area contributed by atoms with Gasteiger partial charge in [-0.1, -0.05) is 37.1 Å². The van der Waals surface area contributed by atoms with Crippen molar-refractivity contribution in [3.05, 3.63) is 41.5 Å². The third-order valence-corrected chi connectivity index (χ3v) is 4.89. The lowest BCUT2D eigenvalue weighted by Gasteiger charge is -2.25. The van der Waals surface area contributed by atoms with Crippen molar-refractivity contribution in [2.45, 2.75) is 50.5 Å². The number of benzene rings is 1. The highest BCUT2D eigenvalue weighted by Gasteiger charge is 2.42. The third-order valence-electron chi connectivity index (χ3n) is 4.89. The molecule has 5 nitrogen and oxygen atoms in total. The molecule has 0 radical (unpaired) electrons. The first-order chi connectivity index (χ1) is 11.2. The molecule has 1 heterocycles. The Morgan fingerprint density at radius 2 is 1.87 bits per heavy atom. The average Bonchev–Trinajstić information content (AvgIpc) is 3.26. The van der Waals surface area contributed by atoms with E-state index in [1.165, 1.54) is 18.4 Å². The molecule has 5 heteroatoms. The van der Waals surface area contributed by atoms with Gasteiger partial charge in [0.1, 0.15) is 11.9 Å². The summed E-state index contributed by atoms with van der Waals surface area (Å²) < 4.78 is 16.4. The molecule has 1 fully saturated rings. The van der Waals surface area contributed by atoms with Gasteiger partial charge in [0.25, 0.3) is 0 Å². The summed E-state index contributed by atoms with van der Waals surface area (Å²) >= 11 is 0. The fraction of sp³-hybridized carbons (Fsp3) is 0.556. The first-order valence-corrected chi connectivity index (χ1v) is 8.25. The zero-order valence-corrected chi connectivity index (χ0v) is 14.0. The third kappa shape index (κ3) is 2.85. The maximum absolute atomic E-state index is 5.68. The van der Waals surface area contributed by atoms with Crippen LogP contribution in [0.4, 0.5) is 0 Å². The van der Waals surface area contributed by atoms with E-state index in [0.29, 0.717) is 11.7 Å². The van der Waals surface area contributed by atoms with Crippen molar-refractivity contribution in [2.24, 2.45) is 0 Å². The molecule has 1 aliphatic rings. The number of nitrogens with zero attached hydrogens (tertiary/aromatic N) is 2. The van der Waals surface area contributed by atoms with Crippen molar-refractivity contribution in [3.8, 4) is 5.75 Å². The summed E-state index contributed by atoms with van der Waals surface area (Å²) in [6.07, 6.45) is 5.12. The van der Waals surface area contributed by atoms with Gasteiger partial charge in [0.15, 0.2) is 0 Å². The molecule has 1 atom stereocenters. The number of aromatic nitrogens is 2. The average molecular weight is 316 g/mol. The minimum atomic E-state index is -0.177. The second-order valence-corrected chi connectivity index (χ2v) is 6.11. The first kappa shape index (κ1) is 16.0. The number of ether oxygens (including phenoxy) is 2. The van der Waals surface area contributed by atoms with Crippen molar-refractivity contribution in [1.29, 1.82) is 0 Å². The van der Waals surface area contributed by atoms with Crippen LogP contribution in [0.2, 0.25) is 0 Å². The SMILES string of the molecule is CCC(OC)c1noc(C2(c3ccc(OC)cc3)CCCC2)n1. The molecule has 1 aliphatic carbocycles. The Kier molecular flexibility index (Phi) is 4.66.